The molecule has 0 atom stereocenters. The molecule has 0 aliphatic carbocycles. The molecule has 2 aromatic carbocycles. The van der Waals surface area contributed by atoms with Gasteiger partial charge in [0.25, 0.3) is 0 Å². The molecule has 0 aromatic heterocycles. The minimum Gasteiger partial charge on any atom is -0.307 e. The zero-order valence-electron chi connectivity index (χ0n) is 10.1. The number of amides is 1. The summed E-state index contributed by atoms with van der Waals surface area (Å²) < 4.78 is 14.1. The predicted molar refractivity (Wildman–Crippen MR) is 75.4 cm³/mol. The van der Waals surface area contributed by atoms with Crippen molar-refractivity contribution in [3.8, 4) is 0 Å². The first-order valence-electron chi connectivity index (χ1n) is 5.97. The van der Waals surface area contributed by atoms with Crippen molar-refractivity contribution < 1.29 is 9.18 Å². The van der Waals surface area contributed by atoms with E-state index in [-0.39, 0.29) is 11.7 Å². The highest BCUT2D eigenvalue weighted by Crippen LogP contribution is 2.32. The Labute approximate surface area is 119 Å². The third-order valence-corrected chi connectivity index (χ3v) is 3.70. The third-order valence-electron chi connectivity index (χ3n) is 3.20. The molecule has 0 bridgehead atoms. The van der Waals surface area contributed by atoms with Gasteiger partial charge in [-0.25, -0.2) is 4.39 Å². The normalized spacial score (nSPS) is 13.8. The molecule has 0 saturated carbocycles. The minimum atomic E-state index is -0.278. The number of halogens is 2. The Balaban J connectivity index is 1.92. The van der Waals surface area contributed by atoms with Crippen LogP contribution in [0.25, 0.3) is 0 Å². The first-order valence-corrected chi connectivity index (χ1v) is 6.76. The van der Waals surface area contributed by atoms with Crippen LogP contribution in [0.15, 0.2) is 46.9 Å². The molecular weight excluding hydrogens is 309 g/mol. The number of carbonyl (C=O) groups is 1. The topological polar surface area (TPSA) is 20.3 Å². The molecule has 4 heteroatoms. The number of hydrogen-bond donors (Lipinski definition) is 0. The van der Waals surface area contributed by atoms with Crippen LogP contribution < -0.4 is 4.90 Å². The summed E-state index contributed by atoms with van der Waals surface area (Å²) in [4.78, 5) is 13.8. The number of benzene rings is 2. The van der Waals surface area contributed by atoms with Crippen molar-refractivity contribution >= 4 is 27.5 Å². The van der Waals surface area contributed by atoms with Gasteiger partial charge in [-0.05, 0) is 41.5 Å². The average Bonchev–Trinajstić information content (AvgIpc) is 2.65. The molecule has 0 unspecified atom stereocenters. The van der Waals surface area contributed by atoms with E-state index in [1.54, 1.807) is 11.0 Å². The van der Waals surface area contributed by atoms with Gasteiger partial charge in [-0.2, -0.15) is 0 Å². The third kappa shape index (κ3) is 2.40. The lowest BCUT2D eigenvalue weighted by Gasteiger charge is -2.17. The highest BCUT2D eigenvalue weighted by Gasteiger charge is 2.27. The zero-order chi connectivity index (χ0) is 13.4. The average molecular weight is 320 g/mol. The molecule has 1 aliphatic heterocycles. The molecule has 0 N–H and O–H groups in total. The lowest BCUT2D eigenvalue weighted by molar-refractivity contribution is -0.117. The number of carbonyl (C=O) groups excluding carboxylic acids is 1. The van der Waals surface area contributed by atoms with E-state index in [9.17, 15) is 9.18 Å². The number of rotatable bonds is 2. The van der Waals surface area contributed by atoms with Gasteiger partial charge in [0, 0.05) is 10.2 Å². The van der Waals surface area contributed by atoms with E-state index < -0.39 is 0 Å². The number of hydrogen-bond acceptors (Lipinski definition) is 1. The summed E-state index contributed by atoms with van der Waals surface area (Å²) >= 11 is 3.40. The van der Waals surface area contributed by atoms with Crippen LogP contribution in [0.1, 0.15) is 11.1 Å². The van der Waals surface area contributed by atoms with Crippen LogP contribution in [0.2, 0.25) is 0 Å². The molecule has 0 spiro atoms. The van der Waals surface area contributed by atoms with Crippen molar-refractivity contribution in [1.82, 2.24) is 0 Å². The van der Waals surface area contributed by atoms with Crippen LogP contribution in [-0.4, -0.2) is 5.91 Å². The fourth-order valence-corrected chi connectivity index (χ4v) is 2.75. The van der Waals surface area contributed by atoms with E-state index in [0.717, 1.165) is 21.3 Å². The predicted octanol–water partition coefficient (Wildman–Crippen LogP) is 3.68. The Hall–Kier alpha value is -1.68. The first-order chi connectivity index (χ1) is 9.13. The van der Waals surface area contributed by atoms with E-state index in [4.69, 9.17) is 0 Å². The maximum absolute atomic E-state index is 13.2. The Morgan fingerprint density at radius 1 is 1.21 bits per heavy atom. The van der Waals surface area contributed by atoms with Crippen LogP contribution in [0.5, 0.6) is 0 Å². The lowest BCUT2D eigenvalue weighted by atomic mass is 10.1. The van der Waals surface area contributed by atoms with Crippen molar-refractivity contribution in [2.24, 2.45) is 0 Å². The second-order valence-electron chi connectivity index (χ2n) is 4.56. The van der Waals surface area contributed by atoms with Gasteiger partial charge in [0.1, 0.15) is 5.82 Å². The Kier molecular flexibility index (Phi) is 3.11. The molecule has 1 amide bonds. The Morgan fingerprint density at radius 3 is 2.84 bits per heavy atom. The number of fused-ring (bicyclic) bond motifs is 1. The maximum atomic E-state index is 13.2. The maximum Gasteiger partial charge on any atom is 0.231 e. The number of anilines is 1. The van der Waals surface area contributed by atoms with Gasteiger partial charge in [0.05, 0.1) is 13.0 Å². The molecule has 2 aromatic rings. The SMILES string of the molecule is O=C1Cc2cc(Br)ccc2N1Cc1cccc(F)c1. The summed E-state index contributed by atoms with van der Waals surface area (Å²) in [5.74, 6) is -0.225. The van der Waals surface area contributed by atoms with Crippen LogP contribution in [0.4, 0.5) is 10.1 Å². The molecule has 1 heterocycles. The highest BCUT2D eigenvalue weighted by atomic mass is 79.9. The molecule has 2 nitrogen and oxygen atoms in total. The largest absolute Gasteiger partial charge is 0.307 e. The molecule has 96 valence electrons. The molecule has 1 aliphatic rings. The van der Waals surface area contributed by atoms with E-state index in [0.29, 0.717) is 13.0 Å². The fraction of sp³-hybridized carbons (Fsp3) is 0.133. The summed E-state index contributed by atoms with van der Waals surface area (Å²) in [7, 11) is 0. The summed E-state index contributed by atoms with van der Waals surface area (Å²) in [5, 5.41) is 0. The van der Waals surface area contributed by atoms with Crippen molar-refractivity contribution in [3.05, 3.63) is 63.9 Å². The zero-order valence-corrected chi connectivity index (χ0v) is 11.7. The van der Waals surface area contributed by atoms with Crippen LogP contribution in [0.3, 0.4) is 0 Å². The Morgan fingerprint density at radius 2 is 2.05 bits per heavy atom. The van der Waals surface area contributed by atoms with Gasteiger partial charge < -0.3 is 4.90 Å². The fourth-order valence-electron chi connectivity index (χ4n) is 2.34. The molecule has 3 rings (SSSR count). The van der Waals surface area contributed by atoms with Gasteiger partial charge in [0.2, 0.25) is 5.91 Å². The Bertz CT molecular complexity index is 656. The second-order valence-corrected chi connectivity index (χ2v) is 5.48. The smallest absolute Gasteiger partial charge is 0.231 e. The summed E-state index contributed by atoms with van der Waals surface area (Å²) in [6.07, 6.45) is 0.407. The highest BCUT2D eigenvalue weighted by molar-refractivity contribution is 9.10. The summed E-state index contributed by atoms with van der Waals surface area (Å²) in [5.41, 5.74) is 2.72. The van der Waals surface area contributed by atoms with Crippen LogP contribution in [-0.2, 0) is 17.8 Å². The van der Waals surface area contributed by atoms with E-state index in [1.165, 1.54) is 12.1 Å². The molecule has 0 fully saturated rings. The van der Waals surface area contributed by atoms with Crippen LogP contribution >= 0.6 is 15.9 Å². The van der Waals surface area contributed by atoms with Gasteiger partial charge in [-0.1, -0.05) is 28.1 Å². The van der Waals surface area contributed by atoms with Crippen molar-refractivity contribution in [1.29, 1.82) is 0 Å². The molecule has 19 heavy (non-hydrogen) atoms. The van der Waals surface area contributed by atoms with Gasteiger partial charge >= 0.3 is 0 Å². The van der Waals surface area contributed by atoms with E-state index >= 15 is 0 Å². The summed E-state index contributed by atoms with van der Waals surface area (Å²) in [6, 6.07) is 12.1. The monoisotopic (exact) mass is 319 g/mol. The van der Waals surface area contributed by atoms with Crippen LogP contribution in [0, 0.1) is 5.82 Å². The molecule has 0 saturated heterocycles. The molecule has 0 radical (unpaired) electrons. The van der Waals surface area contributed by atoms with Crippen molar-refractivity contribution in [3.63, 3.8) is 0 Å². The first kappa shape index (κ1) is 12.4. The minimum absolute atomic E-state index is 0.0531. The molecular formula is C15H11BrFNO. The van der Waals surface area contributed by atoms with E-state index in [1.807, 2.05) is 24.3 Å². The lowest BCUT2D eigenvalue weighted by Crippen LogP contribution is -2.25. The second kappa shape index (κ2) is 4.78. The van der Waals surface area contributed by atoms with E-state index in [2.05, 4.69) is 15.9 Å². The van der Waals surface area contributed by atoms with Crippen molar-refractivity contribution in [2.75, 3.05) is 4.90 Å². The number of nitrogens with zero attached hydrogens (tertiary/aromatic N) is 1. The van der Waals surface area contributed by atoms with Gasteiger partial charge in [0.15, 0.2) is 0 Å². The summed E-state index contributed by atoms with van der Waals surface area (Å²) in [6.45, 7) is 0.408. The quantitative estimate of drug-likeness (QED) is 0.827. The van der Waals surface area contributed by atoms with Gasteiger partial charge in [-0.15, -0.1) is 0 Å². The van der Waals surface area contributed by atoms with Gasteiger partial charge in [-0.3, -0.25) is 4.79 Å². The standard InChI is InChI=1S/C15H11BrFNO/c16-12-4-5-14-11(7-12)8-15(19)18(14)9-10-2-1-3-13(17)6-10/h1-7H,8-9H2. The van der Waals surface area contributed by atoms with Crippen molar-refractivity contribution in [2.45, 2.75) is 13.0 Å².